The fourth-order valence-corrected chi connectivity index (χ4v) is 4.23. The average Bonchev–Trinajstić information content (AvgIpc) is 3.36. The molecule has 0 unspecified atom stereocenters. The predicted molar refractivity (Wildman–Crippen MR) is 105 cm³/mol. The zero-order chi connectivity index (χ0) is 17.8. The van der Waals surface area contributed by atoms with Gasteiger partial charge in [0.05, 0.1) is 12.8 Å². The summed E-state index contributed by atoms with van der Waals surface area (Å²) in [6.45, 7) is 0. The van der Waals surface area contributed by atoms with Crippen molar-refractivity contribution in [1.82, 2.24) is 19.7 Å². The highest BCUT2D eigenvalue weighted by atomic mass is 32.2. The molecule has 0 amide bonds. The Bertz CT molecular complexity index is 997. The predicted octanol–water partition coefficient (Wildman–Crippen LogP) is 4.69. The first-order valence-corrected chi connectivity index (χ1v) is 9.87. The quantitative estimate of drug-likeness (QED) is 0.454. The Morgan fingerprint density at radius 1 is 1.12 bits per heavy atom. The van der Waals surface area contributed by atoms with Crippen LogP contribution in [0, 0.1) is 0 Å². The molecule has 0 aliphatic heterocycles. The van der Waals surface area contributed by atoms with Gasteiger partial charge in [0.2, 0.25) is 0 Å². The first-order chi connectivity index (χ1) is 12.8. The highest BCUT2D eigenvalue weighted by Crippen LogP contribution is 2.29. The van der Waals surface area contributed by atoms with Crippen molar-refractivity contribution in [3.05, 3.63) is 72.0 Å². The Balaban J connectivity index is 1.48. The minimum absolute atomic E-state index is 0.742. The molecular formula is C19H16N4OS2. The fraction of sp³-hybridized carbons (Fsp3) is 0.105. The number of nitrogens with zero attached hydrogens (tertiary/aromatic N) is 4. The Hall–Kier alpha value is -2.64. The number of hydrogen-bond donors (Lipinski definition) is 0. The summed E-state index contributed by atoms with van der Waals surface area (Å²) in [5, 5.41) is 12.2. The summed E-state index contributed by atoms with van der Waals surface area (Å²) in [6.07, 6.45) is 1.74. The summed E-state index contributed by atoms with van der Waals surface area (Å²) in [7, 11) is 1.67. The van der Waals surface area contributed by atoms with Gasteiger partial charge in [-0.05, 0) is 24.3 Å². The summed E-state index contributed by atoms with van der Waals surface area (Å²) < 4.78 is 7.28. The number of rotatable bonds is 6. The third-order valence-electron chi connectivity index (χ3n) is 3.77. The fourth-order valence-electron chi connectivity index (χ4n) is 2.49. The van der Waals surface area contributed by atoms with Crippen molar-refractivity contribution in [2.45, 2.75) is 10.9 Å². The molecule has 0 spiro atoms. The molecule has 0 saturated carbocycles. The third kappa shape index (κ3) is 3.63. The van der Waals surface area contributed by atoms with Crippen LogP contribution in [0.2, 0.25) is 0 Å². The van der Waals surface area contributed by atoms with E-state index in [-0.39, 0.29) is 0 Å². The minimum Gasteiger partial charge on any atom is -0.497 e. The van der Waals surface area contributed by atoms with Gasteiger partial charge in [0.1, 0.15) is 17.1 Å². The van der Waals surface area contributed by atoms with Gasteiger partial charge in [-0.1, -0.05) is 42.1 Å². The van der Waals surface area contributed by atoms with Crippen LogP contribution in [-0.4, -0.2) is 26.9 Å². The number of benzene rings is 2. The lowest BCUT2D eigenvalue weighted by Gasteiger charge is -2.05. The largest absolute Gasteiger partial charge is 0.497 e. The number of ether oxygens (including phenoxy) is 1. The lowest BCUT2D eigenvalue weighted by atomic mass is 10.2. The summed E-state index contributed by atoms with van der Waals surface area (Å²) >= 11 is 3.26. The second-order valence-corrected chi connectivity index (χ2v) is 7.28. The van der Waals surface area contributed by atoms with Crippen molar-refractivity contribution in [3.8, 4) is 22.0 Å². The van der Waals surface area contributed by atoms with Crippen LogP contribution in [0.3, 0.4) is 0 Å². The van der Waals surface area contributed by atoms with E-state index in [1.54, 1.807) is 36.5 Å². The molecule has 7 heteroatoms. The Labute approximate surface area is 159 Å². The first kappa shape index (κ1) is 16.8. The lowest BCUT2D eigenvalue weighted by Crippen LogP contribution is -1.95. The van der Waals surface area contributed by atoms with Crippen LogP contribution >= 0.6 is 23.1 Å². The molecule has 0 fully saturated rings. The maximum absolute atomic E-state index is 5.29. The summed E-state index contributed by atoms with van der Waals surface area (Å²) in [6, 6.07) is 18.0. The summed E-state index contributed by atoms with van der Waals surface area (Å²) in [5.74, 6) is 1.58. The zero-order valence-corrected chi connectivity index (χ0v) is 15.7. The van der Waals surface area contributed by atoms with E-state index in [1.165, 1.54) is 0 Å². The maximum Gasteiger partial charge on any atom is 0.195 e. The van der Waals surface area contributed by atoms with Crippen molar-refractivity contribution in [2.75, 3.05) is 7.11 Å². The van der Waals surface area contributed by atoms with Gasteiger partial charge < -0.3 is 4.74 Å². The number of thioether (sulfide) groups is 1. The van der Waals surface area contributed by atoms with Crippen molar-refractivity contribution in [1.29, 1.82) is 0 Å². The van der Waals surface area contributed by atoms with Crippen LogP contribution in [0.1, 0.15) is 5.69 Å². The molecule has 0 saturated heterocycles. The Kier molecular flexibility index (Phi) is 4.99. The number of methoxy groups -OCH3 is 1. The van der Waals surface area contributed by atoms with Gasteiger partial charge in [-0.15, -0.1) is 21.5 Å². The van der Waals surface area contributed by atoms with Gasteiger partial charge in [0.25, 0.3) is 0 Å². The van der Waals surface area contributed by atoms with E-state index in [0.29, 0.717) is 0 Å². The van der Waals surface area contributed by atoms with Crippen LogP contribution in [0.4, 0.5) is 0 Å². The molecule has 2 heterocycles. The molecule has 2 aromatic heterocycles. The second-order valence-electron chi connectivity index (χ2n) is 5.48. The molecule has 130 valence electrons. The molecule has 5 nitrogen and oxygen atoms in total. The van der Waals surface area contributed by atoms with Crippen LogP contribution < -0.4 is 4.74 Å². The van der Waals surface area contributed by atoms with Crippen LogP contribution in [0.25, 0.3) is 16.3 Å². The average molecular weight is 380 g/mol. The highest BCUT2D eigenvalue weighted by Gasteiger charge is 2.10. The zero-order valence-electron chi connectivity index (χ0n) is 14.1. The Morgan fingerprint density at radius 2 is 2.00 bits per heavy atom. The molecular weight excluding hydrogens is 364 g/mol. The molecule has 0 atom stereocenters. The molecule has 26 heavy (non-hydrogen) atoms. The summed E-state index contributed by atoms with van der Waals surface area (Å²) in [4.78, 5) is 4.74. The minimum atomic E-state index is 0.742. The lowest BCUT2D eigenvalue weighted by molar-refractivity contribution is 0.415. The van der Waals surface area contributed by atoms with E-state index in [1.807, 2.05) is 59.2 Å². The van der Waals surface area contributed by atoms with E-state index in [0.717, 1.165) is 38.6 Å². The van der Waals surface area contributed by atoms with Gasteiger partial charge >= 0.3 is 0 Å². The maximum atomic E-state index is 5.29. The van der Waals surface area contributed by atoms with Crippen LogP contribution in [0.15, 0.2) is 71.5 Å². The van der Waals surface area contributed by atoms with Crippen molar-refractivity contribution in [3.63, 3.8) is 0 Å². The first-order valence-electron chi connectivity index (χ1n) is 8.00. The van der Waals surface area contributed by atoms with E-state index in [4.69, 9.17) is 9.72 Å². The van der Waals surface area contributed by atoms with Crippen LogP contribution in [-0.2, 0) is 5.75 Å². The standard InChI is InChI=1S/C19H16N4OS2/c1-24-17-9-5-6-14(10-17)18-21-15(11-25-18)12-26-19-22-20-13-23(19)16-7-3-2-4-8-16/h2-11,13H,12H2,1H3. The van der Waals surface area contributed by atoms with Crippen LogP contribution in [0.5, 0.6) is 5.75 Å². The molecule has 0 radical (unpaired) electrons. The van der Waals surface area contributed by atoms with Gasteiger partial charge in [-0.2, -0.15) is 0 Å². The molecule has 0 bridgehead atoms. The third-order valence-corrected chi connectivity index (χ3v) is 5.69. The molecule has 4 aromatic rings. The molecule has 0 N–H and O–H groups in total. The molecule has 0 aliphatic rings. The SMILES string of the molecule is COc1cccc(-c2nc(CSc3nncn3-c3ccccc3)cs2)c1. The Morgan fingerprint density at radius 3 is 2.85 bits per heavy atom. The monoisotopic (exact) mass is 380 g/mol. The number of thiazole rings is 1. The highest BCUT2D eigenvalue weighted by molar-refractivity contribution is 7.98. The van der Waals surface area contributed by atoms with Crippen molar-refractivity contribution < 1.29 is 4.74 Å². The van der Waals surface area contributed by atoms with Gasteiger partial charge in [-0.3, -0.25) is 4.57 Å². The van der Waals surface area contributed by atoms with Gasteiger partial charge in [0, 0.05) is 22.4 Å². The summed E-state index contributed by atoms with van der Waals surface area (Å²) in [5.41, 5.74) is 3.15. The van der Waals surface area contributed by atoms with Gasteiger partial charge in [-0.25, -0.2) is 4.98 Å². The van der Waals surface area contributed by atoms with E-state index in [2.05, 4.69) is 15.6 Å². The second kappa shape index (κ2) is 7.72. The number of para-hydroxylation sites is 1. The molecule has 0 aliphatic carbocycles. The number of aromatic nitrogens is 4. The van der Waals surface area contributed by atoms with Crippen molar-refractivity contribution in [2.24, 2.45) is 0 Å². The van der Waals surface area contributed by atoms with E-state index < -0.39 is 0 Å². The van der Waals surface area contributed by atoms with E-state index in [9.17, 15) is 0 Å². The van der Waals surface area contributed by atoms with Gasteiger partial charge in [0.15, 0.2) is 5.16 Å². The van der Waals surface area contributed by atoms with Crippen molar-refractivity contribution >= 4 is 23.1 Å². The van der Waals surface area contributed by atoms with E-state index >= 15 is 0 Å². The topological polar surface area (TPSA) is 52.8 Å². The normalized spacial score (nSPS) is 10.8. The molecule has 2 aromatic carbocycles. The molecule has 4 rings (SSSR count). The smallest absolute Gasteiger partial charge is 0.195 e. The number of hydrogen-bond acceptors (Lipinski definition) is 6.